The summed E-state index contributed by atoms with van der Waals surface area (Å²) in [5.41, 5.74) is 2.76. The van der Waals surface area contributed by atoms with Crippen molar-refractivity contribution in [3.05, 3.63) is 59.7 Å². The molecule has 182 valence electrons. The van der Waals surface area contributed by atoms with Crippen molar-refractivity contribution in [1.82, 2.24) is 10.6 Å². The number of rotatable bonds is 10. The molecule has 6 N–H and O–H groups in total. The number of carbonyl (C=O) groups is 1. The zero-order valence-electron chi connectivity index (χ0n) is 19.3. The second-order valence-corrected chi connectivity index (χ2v) is 10.5. The van der Waals surface area contributed by atoms with Gasteiger partial charge in [0.2, 0.25) is 0 Å². The van der Waals surface area contributed by atoms with Gasteiger partial charge in [0.05, 0.1) is 23.6 Å². The first-order chi connectivity index (χ1) is 15.8. The zero-order valence-corrected chi connectivity index (χ0v) is 20.1. The fourth-order valence-electron chi connectivity index (χ4n) is 4.05. The molecule has 1 amide bonds. The molecule has 1 saturated heterocycles. The maximum Gasteiger partial charge on any atom is 0.251 e. The van der Waals surface area contributed by atoms with Crippen LogP contribution in [0.5, 0.6) is 0 Å². The lowest BCUT2D eigenvalue weighted by Gasteiger charge is -2.47. The number of hydrogen-bond donors (Lipinski definition) is 6. The van der Waals surface area contributed by atoms with Gasteiger partial charge in [-0.3, -0.25) is 18.2 Å². The average Bonchev–Trinajstić information content (AvgIpc) is 2.79. The molecule has 0 aliphatic carbocycles. The van der Waals surface area contributed by atoms with Gasteiger partial charge < -0.3 is 21.1 Å². The van der Waals surface area contributed by atoms with Crippen molar-refractivity contribution < 1.29 is 19.0 Å². The zero-order chi connectivity index (χ0) is 23.8. The standard InChI is InChI=1S/C24H36N4O4S/c1-3-26-20-14-19(15-21(16-20)28-11-7-8-12-33(28,31)32)24(30)27-22(23(29)17-25-2)13-18-9-5-4-6-10-18/h4-6,9-10,14-16,22-23,25-26,29,31-32H,3,7-8,11-13,17H2,1-2H3,(H,27,30)/t22-,23+/m0/s1. The normalized spacial score (nSPS) is 18.3. The second kappa shape index (κ2) is 11.7. The Labute approximate surface area is 197 Å². The molecule has 0 unspecified atom stereocenters. The molecule has 8 nitrogen and oxygen atoms in total. The summed E-state index contributed by atoms with van der Waals surface area (Å²) in [6, 6.07) is 14.5. The van der Waals surface area contributed by atoms with Crippen LogP contribution < -0.4 is 20.3 Å². The lowest BCUT2D eigenvalue weighted by atomic mass is 10.0. The number of benzene rings is 2. The summed E-state index contributed by atoms with van der Waals surface area (Å²) < 4.78 is 22.8. The number of aliphatic hydroxyl groups excluding tert-OH is 1. The first-order valence-electron chi connectivity index (χ1n) is 11.4. The molecule has 1 fully saturated rings. The van der Waals surface area contributed by atoms with E-state index >= 15 is 0 Å². The Kier molecular flexibility index (Phi) is 8.99. The van der Waals surface area contributed by atoms with E-state index in [-0.39, 0.29) is 5.91 Å². The highest BCUT2D eigenvalue weighted by atomic mass is 32.3. The first-order valence-corrected chi connectivity index (χ1v) is 13.1. The Morgan fingerprint density at radius 1 is 1.15 bits per heavy atom. The van der Waals surface area contributed by atoms with Crippen molar-refractivity contribution >= 4 is 28.1 Å². The average molecular weight is 477 g/mol. The molecule has 0 bridgehead atoms. The Balaban J connectivity index is 1.87. The summed E-state index contributed by atoms with van der Waals surface area (Å²) in [6.07, 6.45) is 1.34. The van der Waals surface area contributed by atoms with E-state index < -0.39 is 22.9 Å². The Morgan fingerprint density at radius 3 is 2.58 bits per heavy atom. The van der Waals surface area contributed by atoms with Crippen LogP contribution in [0.3, 0.4) is 0 Å². The minimum Gasteiger partial charge on any atom is -0.390 e. The number of aliphatic hydroxyl groups is 1. The molecule has 0 aromatic heterocycles. The SMILES string of the molecule is CCNc1cc(C(=O)N[C@@H](Cc2ccccc2)[C@H](O)CNC)cc(N2CCCCS2(O)O)c1. The number of hydrogen-bond acceptors (Lipinski definition) is 7. The van der Waals surface area contributed by atoms with E-state index in [1.54, 1.807) is 23.5 Å². The number of nitrogens with zero attached hydrogens (tertiary/aromatic N) is 1. The smallest absolute Gasteiger partial charge is 0.251 e. The molecule has 0 spiro atoms. The fourth-order valence-corrected chi connectivity index (χ4v) is 5.73. The van der Waals surface area contributed by atoms with Crippen LogP contribution in [-0.2, 0) is 6.42 Å². The van der Waals surface area contributed by atoms with E-state index in [0.29, 0.717) is 43.1 Å². The molecule has 0 radical (unpaired) electrons. The van der Waals surface area contributed by atoms with Crippen LogP contribution >= 0.6 is 10.8 Å². The maximum absolute atomic E-state index is 13.3. The van der Waals surface area contributed by atoms with Gasteiger partial charge in [0.15, 0.2) is 0 Å². The summed E-state index contributed by atoms with van der Waals surface area (Å²) in [6.45, 7) is 3.49. The third-order valence-corrected chi connectivity index (χ3v) is 7.66. The Morgan fingerprint density at radius 2 is 1.91 bits per heavy atom. The van der Waals surface area contributed by atoms with Gasteiger partial charge in [-0.1, -0.05) is 30.3 Å². The van der Waals surface area contributed by atoms with E-state index in [1.807, 2.05) is 43.3 Å². The molecule has 1 aliphatic heterocycles. The molecule has 1 aliphatic rings. The van der Waals surface area contributed by atoms with Crippen LogP contribution in [0.4, 0.5) is 11.4 Å². The number of amides is 1. The number of likely N-dealkylation sites (N-methyl/N-ethyl adjacent to an activating group) is 1. The monoisotopic (exact) mass is 476 g/mol. The molecular formula is C24H36N4O4S. The molecule has 3 rings (SSSR count). The molecule has 2 atom stereocenters. The second-order valence-electron chi connectivity index (χ2n) is 8.34. The molecule has 1 heterocycles. The third kappa shape index (κ3) is 6.84. The van der Waals surface area contributed by atoms with Gasteiger partial charge in [0.1, 0.15) is 0 Å². The summed E-state index contributed by atoms with van der Waals surface area (Å²) >= 11 is 0. The molecule has 2 aromatic rings. The molecule has 2 aromatic carbocycles. The van der Waals surface area contributed by atoms with Crippen LogP contribution in [0.15, 0.2) is 48.5 Å². The van der Waals surface area contributed by atoms with Crippen LogP contribution in [0.2, 0.25) is 0 Å². The molecule has 0 saturated carbocycles. The minimum absolute atomic E-state index is 0.319. The summed E-state index contributed by atoms with van der Waals surface area (Å²) in [7, 11) is -1.15. The van der Waals surface area contributed by atoms with E-state index in [9.17, 15) is 19.0 Å². The van der Waals surface area contributed by atoms with Crippen molar-refractivity contribution in [2.45, 2.75) is 38.3 Å². The van der Waals surface area contributed by atoms with Gasteiger partial charge in [-0.05, 0) is 57.0 Å². The van der Waals surface area contributed by atoms with Crippen molar-refractivity contribution in [2.24, 2.45) is 0 Å². The van der Waals surface area contributed by atoms with Gasteiger partial charge in [-0.15, -0.1) is 10.8 Å². The van der Waals surface area contributed by atoms with Crippen molar-refractivity contribution in [3.63, 3.8) is 0 Å². The van der Waals surface area contributed by atoms with Crippen LogP contribution in [-0.4, -0.2) is 64.7 Å². The van der Waals surface area contributed by atoms with Crippen molar-refractivity contribution in [1.29, 1.82) is 0 Å². The van der Waals surface area contributed by atoms with E-state index in [1.165, 1.54) is 0 Å². The van der Waals surface area contributed by atoms with Crippen LogP contribution in [0.1, 0.15) is 35.7 Å². The maximum atomic E-state index is 13.3. The Bertz CT molecular complexity index is 913. The number of anilines is 2. The van der Waals surface area contributed by atoms with Gasteiger partial charge in [-0.25, -0.2) is 0 Å². The highest BCUT2D eigenvalue weighted by Gasteiger charge is 2.28. The van der Waals surface area contributed by atoms with E-state index in [0.717, 1.165) is 24.1 Å². The lowest BCUT2D eigenvalue weighted by Crippen LogP contribution is -2.48. The molecule has 33 heavy (non-hydrogen) atoms. The summed E-state index contributed by atoms with van der Waals surface area (Å²) in [4.78, 5) is 13.3. The number of nitrogens with one attached hydrogen (secondary N) is 3. The van der Waals surface area contributed by atoms with Gasteiger partial charge >= 0.3 is 0 Å². The third-order valence-electron chi connectivity index (χ3n) is 5.72. The quantitative estimate of drug-likeness (QED) is 0.312. The van der Waals surface area contributed by atoms with Gasteiger partial charge in [0, 0.05) is 30.9 Å². The summed E-state index contributed by atoms with van der Waals surface area (Å²) in [5, 5.41) is 19.9. The lowest BCUT2D eigenvalue weighted by molar-refractivity contribution is 0.0834. The van der Waals surface area contributed by atoms with Gasteiger partial charge in [0.25, 0.3) is 5.91 Å². The van der Waals surface area contributed by atoms with E-state index in [2.05, 4.69) is 16.0 Å². The Hall–Kier alpha value is -2.30. The largest absolute Gasteiger partial charge is 0.390 e. The minimum atomic E-state index is -2.91. The van der Waals surface area contributed by atoms with E-state index in [4.69, 9.17) is 0 Å². The van der Waals surface area contributed by atoms with Crippen LogP contribution in [0, 0.1) is 0 Å². The fraction of sp³-hybridized carbons (Fsp3) is 0.458. The topological polar surface area (TPSA) is 117 Å². The highest BCUT2D eigenvalue weighted by molar-refractivity contribution is 8.25. The predicted molar refractivity (Wildman–Crippen MR) is 136 cm³/mol. The molecular weight excluding hydrogens is 440 g/mol. The number of carbonyl (C=O) groups excluding carboxylic acids is 1. The van der Waals surface area contributed by atoms with Gasteiger partial charge in [-0.2, -0.15) is 0 Å². The van der Waals surface area contributed by atoms with Crippen LogP contribution in [0.25, 0.3) is 0 Å². The highest BCUT2D eigenvalue weighted by Crippen LogP contribution is 2.50. The van der Waals surface area contributed by atoms with Crippen molar-refractivity contribution in [3.8, 4) is 0 Å². The molecule has 9 heteroatoms. The predicted octanol–water partition coefficient (Wildman–Crippen LogP) is 3.31. The summed E-state index contributed by atoms with van der Waals surface area (Å²) in [5.74, 6) is 0.00978. The first kappa shape index (κ1) is 25.3. The van der Waals surface area contributed by atoms with Crippen molar-refractivity contribution in [2.75, 3.05) is 42.1 Å².